The number of hydrogen-bond donors (Lipinski definition) is 2. The SMILES string of the molecule is C[C@@H](O)CNc1nc2c(c(=O)n(Cc3ccc(Cl)c(Cl)c3)c(=O)n2C)n1C. The fourth-order valence-electron chi connectivity index (χ4n) is 2.80. The maximum absolute atomic E-state index is 13.0. The summed E-state index contributed by atoms with van der Waals surface area (Å²) in [4.78, 5) is 30.0. The average Bonchev–Trinajstić information content (AvgIpc) is 2.95. The molecule has 0 saturated heterocycles. The van der Waals surface area contributed by atoms with Crippen molar-refractivity contribution in [3.05, 3.63) is 54.6 Å². The summed E-state index contributed by atoms with van der Waals surface area (Å²) < 4.78 is 4.02. The largest absolute Gasteiger partial charge is 0.392 e. The van der Waals surface area contributed by atoms with Crippen LogP contribution in [0, 0.1) is 0 Å². The number of nitrogens with one attached hydrogen (secondary N) is 1. The van der Waals surface area contributed by atoms with Gasteiger partial charge in [-0.15, -0.1) is 0 Å². The molecule has 8 nitrogen and oxygen atoms in total. The van der Waals surface area contributed by atoms with Gasteiger partial charge in [-0.25, -0.2) is 4.79 Å². The van der Waals surface area contributed by atoms with E-state index in [1.807, 2.05) is 0 Å². The molecule has 1 atom stereocenters. The van der Waals surface area contributed by atoms with Crippen molar-refractivity contribution in [2.75, 3.05) is 11.9 Å². The third-order valence-electron chi connectivity index (χ3n) is 4.24. The summed E-state index contributed by atoms with van der Waals surface area (Å²) in [6.45, 7) is 1.96. The lowest BCUT2D eigenvalue weighted by Crippen LogP contribution is -2.39. The highest BCUT2D eigenvalue weighted by Gasteiger charge is 2.19. The number of halogens is 2. The van der Waals surface area contributed by atoms with Crippen molar-refractivity contribution in [1.29, 1.82) is 0 Å². The van der Waals surface area contributed by atoms with Crippen LogP contribution in [0.15, 0.2) is 27.8 Å². The molecule has 0 aliphatic heterocycles. The number of benzene rings is 1. The van der Waals surface area contributed by atoms with Gasteiger partial charge in [0.1, 0.15) is 0 Å². The third kappa shape index (κ3) is 3.60. The molecule has 2 aromatic heterocycles. The zero-order valence-corrected chi connectivity index (χ0v) is 16.5. The molecule has 0 radical (unpaired) electrons. The molecule has 0 saturated carbocycles. The number of hydrogen-bond acceptors (Lipinski definition) is 5. The number of anilines is 1. The first-order valence-corrected chi connectivity index (χ1v) is 8.98. The number of aliphatic hydroxyl groups excluding tert-OH is 1. The van der Waals surface area contributed by atoms with Crippen molar-refractivity contribution in [3.63, 3.8) is 0 Å². The first-order valence-electron chi connectivity index (χ1n) is 8.22. The van der Waals surface area contributed by atoms with E-state index in [2.05, 4.69) is 10.3 Å². The monoisotopic (exact) mass is 411 g/mol. The number of nitrogens with zero attached hydrogens (tertiary/aromatic N) is 4. The lowest BCUT2D eigenvalue weighted by atomic mass is 10.2. The van der Waals surface area contributed by atoms with Gasteiger partial charge in [0.25, 0.3) is 5.56 Å². The molecule has 3 aromatic rings. The maximum atomic E-state index is 13.0. The summed E-state index contributed by atoms with van der Waals surface area (Å²) in [7, 11) is 3.23. The molecule has 0 amide bonds. The van der Waals surface area contributed by atoms with Crippen LogP contribution in [-0.4, -0.2) is 36.4 Å². The van der Waals surface area contributed by atoms with Crippen molar-refractivity contribution >= 4 is 40.3 Å². The van der Waals surface area contributed by atoms with Crippen LogP contribution in [0.25, 0.3) is 11.2 Å². The van der Waals surface area contributed by atoms with Crippen LogP contribution in [0.4, 0.5) is 5.95 Å². The maximum Gasteiger partial charge on any atom is 0.332 e. The fraction of sp³-hybridized carbons (Fsp3) is 0.353. The number of imidazole rings is 1. The molecule has 0 unspecified atom stereocenters. The van der Waals surface area contributed by atoms with Gasteiger partial charge in [-0.3, -0.25) is 13.9 Å². The van der Waals surface area contributed by atoms with Crippen molar-refractivity contribution in [2.24, 2.45) is 14.1 Å². The number of aryl methyl sites for hydroxylation is 2. The van der Waals surface area contributed by atoms with Crippen LogP contribution >= 0.6 is 23.2 Å². The van der Waals surface area contributed by atoms with Crippen molar-refractivity contribution in [3.8, 4) is 0 Å². The minimum atomic E-state index is -0.583. The minimum Gasteiger partial charge on any atom is -0.392 e. The highest BCUT2D eigenvalue weighted by molar-refractivity contribution is 6.42. The van der Waals surface area contributed by atoms with Gasteiger partial charge in [0.15, 0.2) is 11.2 Å². The molecule has 10 heteroatoms. The highest BCUT2D eigenvalue weighted by Crippen LogP contribution is 2.22. The molecule has 2 heterocycles. The normalized spacial score (nSPS) is 12.5. The number of rotatable bonds is 5. The first-order chi connectivity index (χ1) is 12.7. The molecule has 144 valence electrons. The van der Waals surface area contributed by atoms with E-state index in [0.717, 1.165) is 4.57 Å². The van der Waals surface area contributed by atoms with Crippen LogP contribution < -0.4 is 16.6 Å². The Morgan fingerprint density at radius 3 is 2.52 bits per heavy atom. The Bertz CT molecular complexity index is 1130. The summed E-state index contributed by atoms with van der Waals surface area (Å²) in [6.07, 6.45) is -0.583. The molecule has 0 aliphatic rings. The predicted octanol–water partition coefficient (Wildman–Crippen LogP) is 1.58. The average molecular weight is 412 g/mol. The summed E-state index contributed by atoms with van der Waals surface area (Å²) >= 11 is 12.0. The standard InChI is InChI=1S/C17H19Cl2N5O3/c1-9(25)7-20-16-21-14-13(22(16)2)15(26)24(17(27)23(14)3)8-10-4-5-11(18)12(19)6-10/h4-6,9,25H,7-8H2,1-3H3,(H,20,21)/t9-/m1/s1. The van der Waals surface area contributed by atoms with Crippen LogP contribution in [0.2, 0.25) is 10.0 Å². The Kier molecular flexibility index (Phi) is 5.32. The van der Waals surface area contributed by atoms with Crippen molar-refractivity contribution in [2.45, 2.75) is 19.6 Å². The molecule has 0 bridgehead atoms. The van der Waals surface area contributed by atoms with E-state index in [4.69, 9.17) is 23.2 Å². The Morgan fingerprint density at radius 2 is 1.89 bits per heavy atom. The highest BCUT2D eigenvalue weighted by atomic mass is 35.5. The molecule has 3 rings (SSSR count). The Balaban J connectivity index is 2.14. The van der Waals surface area contributed by atoms with Crippen molar-refractivity contribution < 1.29 is 5.11 Å². The topological polar surface area (TPSA) is 94.1 Å². The van der Waals surface area contributed by atoms with Gasteiger partial charge >= 0.3 is 5.69 Å². The second-order valence-electron chi connectivity index (χ2n) is 6.38. The predicted molar refractivity (Wildman–Crippen MR) is 106 cm³/mol. The summed E-state index contributed by atoms with van der Waals surface area (Å²) in [5.41, 5.74) is 0.284. The molecule has 27 heavy (non-hydrogen) atoms. The van der Waals surface area contributed by atoms with E-state index in [1.165, 1.54) is 4.57 Å². The molecular formula is C17H19Cl2N5O3. The van der Waals surface area contributed by atoms with Crippen molar-refractivity contribution in [1.82, 2.24) is 18.7 Å². The third-order valence-corrected chi connectivity index (χ3v) is 4.98. The van der Waals surface area contributed by atoms with E-state index in [0.29, 0.717) is 21.6 Å². The van der Waals surface area contributed by atoms with Gasteiger partial charge < -0.3 is 15.0 Å². The Morgan fingerprint density at radius 1 is 1.19 bits per heavy atom. The lowest BCUT2D eigenvalue weighted by molar-refractivity contribution is 0.208. The van der Waals surface area contributed by atoms with Crippen LogP contribution in [0.1, 0.15) is 12.5 Å². The van der Waals surface area contributed by atoms with Gasteiger partial charge in [-0.05, 0) is 24.6 Å². The number of aliphatic hydroxyl groups is 1. The van der Waals surface area contributed by atoms with Gasteiger partial charge in [0.2, 0.25) is 5.95 Å². The molecule has 0 spiro atoms. The summed E-state index contributed by atoms with van der Waals surface area (Å²) in [5, 5.41) is 13.2. The second-order valence-corrected chi connectivity index (χ2v) is 7.19. The van der Waals surface area contributed by atoms with Gasteiger partial charge in [0.05, 0.1) is 22.7 Å². The minimum absolute atomic E-state index is 0.0555. The molecular weight excluding hydrogens is 393 g/mol. The fourth-order valence-corrected chi connectivity index (χ4v) is 3.12. The second kappa shape index (κ2) is 7.38. The van der Waals surface area contributed by atoms with Gasteiger partial charge in [-0.2, -0.15) is 4.98 Å². The van der Waals surface area contributed by atoms with E-state index < -0.39 is 17.4 Å². The smallest absolute Gasteiger partial charge is 0.332 e. The van der Waals surface area contributed by atoms with Gasteiger partial charge in [0, 0.05) is 20.6 Å². The quantitative estimate of drug-likeness (QED) is 0.664. The summed E-state index contributed by atoms with van der Waals surface area (Å²) in [5.74, 6) is 0.394. The first kappa shape index (κ1) is 19.5. The lowest BCUT2D eigenvalue weighted by Gasteiger charge is -2.10. The van der Waals surface area contributed by atoms with E-state index in [9.17, 15) is 14.7 Å². The van der Waals surface area contributed by atoms with E-state index in [-0.39, 0.29) is 24.3 Å². The van der Waals surface area contributed by atoms with Crippen LogP contribution in [-0.2, 0) is 20.6 Å². The van der Waals surface area contributed by atoms with Gasteiger partial charge in [-0.1, -0.05) is 29.3 Å². The zero-order chi connectivity index (χ0) is 19.9. The molecule has 1 aromatic carbocycles. The van der Waals surface area contributed by atoms with Crippen LogP contribution in [0.5, 0.6) is 0 Å². The molecule has 0 aliphatic carbocycles. The van der Waals surface area contributed by atoms with Crippen LogP contribution in [0.3, 0.4) is 0 Å². The summed E-state index contributed by atoms with van der Waals surface area (Å²) in [6, 6.07) is 4.96. The van der Waals surface area contributed by atoms with E-state index in [1.54, 1.807) is 43.8 Å². The Hall–Kier alpha value is -2.29. The molecule has 2 N–H and O–H groups in total. The number of aromatic nitrogens is 4. The number of fused-ring (bicyclic) bond motifs is 1. The zero-order valence-electron chi connectivity index (χ0n) is 15.0. The van der Waals surface area contributed by atoms with E-state index >= 15 is 0 Å². The molecule has 0 fully saturated rings. The Labute approximate surface area is 164 Å².